The molecule has 0 saturated carbocycles. The van der Waals surface area contributed by atoms with Crippen LogP contribution in [0.25, 0.3) is 0 Å². The largest absolute Gasteiger partial charge is 0.482 e. The molecule has 3 rings (SSSR count). The summed E-state index contributed by atoms with van der Waals surface area (Å²) in [5, 5.41) is 6.83. The summed E-state index contributed by atoms with van der Waals surface area (Å²) in [6.45, 7) is 3.03. The molecular weight excluding hydrogens is 435 g/mol. The van der Waals surface area contributed by atoms with Gasteiger partial charge in [-0.1, -0.05) is 18.0 Å². The van der Waals surface area contributed by atoms with Gasteiger partial charge in [0.15, 0.2) is 6.61 Å². The minimum Gasteiger partial charge on any atom is -0.482 e. The average molecular weight is 462 g/mol. The lowest BCUT2D eigenvalue weighted by atomic mass is 10.2. The number of sulfonamides is 1. The second kappa shape index (κ2) is 9.47. The van der Waals surface area contributed by atoms with Crippen LogP contribution in [-0.4, -0.2) is 43.8 Å². The van der Waals surface area contributed by atoms with Crippen molar-refractivity contribution in [3.63, 3.8) is 0 Å². The monoisotopic (exact) mass is 461 g/mol. The van der Waals surface area contributed by atoms with Gasteiger partial charge in [-0.2, -0.15) is 17.5 Å². The van der Waals surface area contributed by atoms with Gasteiger partial charge in [0.05, 0.1) is 16.3 Å². The Bertz CT molecular complexity index is 978. The third kappa shape index (κ3) is 5.91. The third-order valence-electron chi connectivity index (χ3n) is 5.18. The first kappa shape index (κ1) is 23.4. The number of aryl methyl sites for hydroxylation is 2. The van der Waals surface area contributed by atoms with E-state index in [1.165, 1.54) is 22.5 Å². The van der Waals surface area contributed by atoms with Crippen molar-refractivity contribution in [1.82, 2.24) is 9.46 Å². The number of nitrogens with one attached hydrogen (secondary N) is 1. The molecule has 0 spiro atoms. The molecule has 11 heteroatoms. The minimum atomic E-state index is -4.52. The molecule has 1 aromatic carbocycles. The Labute approximate surface area is 179 Å². The predicted octanol–water partition coefficient (Wildman–Crippen LogP) is 4.41. The number of ether oxygens (including phenoxy) is 1. The van der Waals surface area contributed by atoms with Crippen molar-refractivity contribution in [2.75, 3.05) is 25.0 Å². The Morgan fingerprint density at radius 1 is 1.16 bits per heavy atom. The molecule has 7 nitrogen and oxygen atoms in total. The SMILES string of the molecule is Cc1noc(C)c1CNc1cc(S(=O)(=O)N2CCCCCC2)ccc1OCC(F)(F)F. The number of hydrogen-bond donors (Lipinski definition) is 1. The zero-order valence-electron chi connectivity index (χ0n) is 17.5. The van der Waals surface area contributed by atoms with Crippen LogP contribution < -0.4 is 10.1 Å². The Hall–Kier alpha value is -2.27. The summed E-state index contributed by atoms with van der Waals surface area (Å²) in [5.74, 6) is 0.481. The van der Waals surface area contributed by atoms with Gasteiger partial charge in [-0.25, -0.2) is 8.42 Å². The molecule has 0 unspecified atom stereocenters. The van der Waals surface area contributed by atoms with Gasteiger partial charge in [0.2, 0.25) is 10.0 Å². The second-order valence-electron chi connectivity index (χ2n) is 7.54. The molecule has 1 aromatic heterocycles. The number of alkyl halides is 3. The highest BCUT2D eigenvalue weighted by Crippen LogP contribution is 2.32. The molecule has 1 N–H and O–H groups in total. The van der Waals surface area contributed by atoms with E-state index in [-0.39, 0.29) is 22.9 Å². The van der Waals surface area contributed by atoms with Gasteiger partial charge in [0.25, 0.3) is 0 Å². The van der Waals surface area contributed by atoms with Gasteiger partial charge in [0, 0.05) is 25.2 Å². The zero-order valence-corrected chi connectivity index (χ0v) is 18.3. The normalized spacial score (nSPS) is 16.2. The van der Waals surface area contributed by atoms with E-state index in [1.54, 1.807) is 13.8 Å². The van der Waals surface area contributed by atoms with Crippen LogP contribution in [0.15, 0.2) is 27.6 Å². The predicted molar refractivity (Wildman–Crippen MR) is 109 cm³/mol. The fraction of sp³-hybridized carbons (Fsp3) is 0.550. The Morgan fingerprint density at radius 3 is 2.42 bits per heavy atom. The summed E-state index contributed by atoms with van der Waals surface area (Å²) in [4.78, 5) is 0.00928. The van der Waals surface area contributed by atoms with Crippen LogP contribution in [0.4, 0.5) is 18.9 Å². The van der Waals surface area contributed by atoms with Crippen molar-refractivity contribution in [2.45, 2.75) is 57.1 Å². The maximum atomic E-state index is 13.1. The summed E-state index contributed by atoms with van der Waals surface area (Å²) in [7, 11) is -3.77. The van der Waals surface area contributed by atoms with Crippen molar-refractivity contribution in [1.29, 1.82) is 0 Å². The van der Waals surface area contributed by atoms with Crippen molar-refractivity contribution in [3.05, 3.63) is 35.2 Å². The Morgan fingerprint density at radius 2 is 1.84 bits per heavy atom. The molecule has 0 amide bonds. The first-order valence-corrected chi connectivity index (χ1v) is 11.5. The lowest BCUT2D eigenvalue weighted by Gasteiger charge is -2.21. The molecule has 172 valence electrons. The number of hydrogen-bond acceptors (Lipinski definition) is 6. The summed E-state index contributed by atoms with van der Waals surface area (Å²) >= 11 is 0. The van der Waals surface area contributed by atoms with Gasteiger partial charge in [-0.05, 0) is 44.9 Å². The molecule has 31 heavy (non-hydrogen) atoms. The van der Waals surface area contributed by atoms with Crippen LogP contribution in [0.3, 0.4) is 0 Å². The first-order valence-electron chi connectivity index (χ1n) is 10.1. The molecule has 0 atom stereocenters. The molecule has 1 saturated heterocycles. The number of benzene rings is 1. The Balaban J connectivity index is 1.90. The molecule has 0 bridgehead atoms. The van der Waals surface area contributed by atoms with Crippen LogP contribution in [0, 0.1) is 13.8 Å². The van der Waals surface area contributed by atoms with Crippen LogP contribution in [0.5, 0.6) is 5.75 Å². The lowest BCUT2D eigenvalue weighted by molar-refractivity contribution is -0.153. The lowest BCUT2D eigenvalue weighted by Crippen LogP contribution is -2.32. The topological polar surface area (TPSA) is 84.7 Å². The summed E-state index contributed by atoms with van der Waals surface area (Å²) in [5.41, 5.74) is 1.53. The minimum absolute atomic E-state index is 0.00928. The third-order valence-corrected chi connectivity index (χ3v) is 7.08. The maximum absolute atomic E-state index is 13.1. The van der Waals surface area contributed by atoms with E-state index in [2.05, 4.69) is 10.5 Å². The highest BCUT2D eigenvalue weighted by molar-refractivity contribution is 7.89. The zero-order chi connectivity index (χ0) is 22.6. The fourth-order valence-electron chi connectivity index (χ4n) is 3.46. The van der Waals surface area contributed by atoms with E-state index in [1.807, 2.05) is 0 Å². The fourth-order valence-corrected chi connectivity index (χ4v) is 5.01. The molecule has 0 aliphatic carbocycles. The highest BCUT2D eigenvalue weighted by atomic mass is 32.2. The van der Waals surface area contributed by atoms with E-state index >= 15 is 0 Å². The average Bonchev–Trinajstić information content (AvgIpc) is 2.91. The van der Waals surface area contributed by atoms with Crippen molar-refractivity contribution < 1.29 is 30.8 Å². The quantitative estimate of drug-likeness (QED) is 0.658. The smallest absolute Gasteiger partial charge is 0.422 e. The van der Waals surface area contributed by atoms with E-state index in [9.17, 15) is 21.6 Å². The van der Waals surface area contributed by atoms with E-state index in [4.69, 9.17) is 9.26 Å². The molecule has 2 aromatic rings. The molecule has 1 aliphatic heterocycles. The van der Waals surface area contributed by atoms with Gasteiger partial charge >= 0.3 is 6.18 Å². The number of nitrogens with zero attached hydrogens (tertiary/aromatic N) is 2. The van der Waals surface area contributed by atoms with Crippen molar-refractivity contribution in [2.24, 2.45) is 0 Å². The second-order valence-corrected chi connectivity index (χ2v) is 9.47. The van der Waals surface area contributed by atoms with Crippen LogP contribution in [-0.2, 0) is 16.6 Å². The van der Waals surface area contributed by atoms with E-state index < -0.39 is 22.8 Å². The van der Waals surface area contributed by atoms with Crippen LogP contribution >= 0.6 is 0 Å². The molecule has 1 aliphatic rings. The summed E-state index contributed by atoms with van der Waals surface area (Å²) in [6.07, 6.45) is -1.01. The van der Waals surface area contributed by atoms with Gasteiger partial charge in [-0.3, -0.25) is 0 Å². The maximum Gasteiger partial charge on any atom is 0.422 e. The summed E-state index contributed by atoms with van der Waals surface area (Å²) < 4.78 is 75.7. The van der Waals surface area contributed by atoms with Crippen LogP contribution in [0.1, 0.15) is 42.7 Å². The van der Waals surface area contributed by atoms with Gasteiger partial charge < -0.3 is 14.6 Å². The van der Waals surface area contributed by atoms with Crippen molar-refractivity contribution in [3.8, 4) is 5.75 Å². The number of anilines is 1. The molecule has 1 fully saturated rings. The molecular formula is C20H26F3N3O4S. The van der Waals surface area contributed by atoms with E-state index in [0.717, 1.165) is 31.2 Å². The number of rotatable bonds is 7. The summed E-state index contributed by atoms with van der Waals surface area (Å²) in [6, 6.07) is 3.86. The molecule has 2 heterocycles. The standard InChI is InChI=1S/C20H26F3N3O4S/c1-14-17(15(2)30-25-14)12-24-18-11-16(7-8-19(18)29-13-20(21,22)23)31(27,28)26-9-5-3-4-6-10-26/h7-8,11,24H,3-6,9-10,12-13H2,1-2H3. The Kier molecular flexibility index (Phi) is 7.15. The van der Waals surface area contributed by atoms with Crippen LogP contribution in [0.2, 0.25) is 0 Å². The molecule has 0 radical (unpaired) electrons. The van der Waals surface area contributed by atoms with Crippen molar-refractivity contribution >= 4 is 15.7 Å². The van der Waals surface area contributed by atoms with E-state index in [0.29, 0.717) is 24.5 Å². The number of halogens is 3. The number of aromatic nitrogens is 1. The van der Waals surface area contributed by atoms with Gasteiger partial charge in [0.1, 0.15) is 11.5 Å². The highest BCUT2D eigenvalue weighted by Gasteiger charge is 2.30. The first-order chi connectivity index (χ1) is 14.6. The van der Waals surface area contributed by atoms with Gasteiger partial charge in [-0.15, -0.1) is 0 Å².